The first-order valence-electron chi connectivity index (χ1n) is 7.96. The van der Waals surface area contributed by atoms with Crippen LogP contribution in [-0.2, 0) is 0 Å². The van der Waals surface area contributed by atoms with Crippen molar-refractivity contribution in [1.82, 2.24) is 0 Å². The first-order chi connectivity index (χ1) is 10.3. The monoisotopic (exact) mass is 296 g/mol. The van der Waals surface area contributed by atoms with Gasteiger partial charge in [-0.25, -0.2) is 0 Å². The third-order valence-electron chi connectivity index (χ3n) is 2.92. The van der Waals surface area contributed by atoms with E-state index in [-0.39, 0.29) is 0 Å². The molecule has 0 amide bonds. The first-order valence-corrected chi connectivity index (χ1v) is 7.96. The summed E-state index contributed by atoms with van der Waals surface area (Å²) in [7, 11) is 0. The molecule has 0 aliphatic heterocycles. The molecule has 0 N–H and O–H groups in total. The van der Waals surface area contributed by atoms with Gasteiger partial charge in [-0.3, -0.25) is 0 Å². The van der Waals surface area contributed by atoms with Crippen LogP contribution in [0, 0.1) is 0 Å². The lowest BCUT2D eigenvalue weighted by Gasteiger charge is -2.18. The normalized spacial score (nSPS) is 10.3. The van der Waals surface area contributed by atoms with E-state index in [1.807, 2.05) is 32.9 Å². The van der Waals surface area contributed by atoms with Crippen molar-refractivity contribution in [1.29, 1.82) is 0 Å². The van der Waals surface area contributed by atoms with Crippen molar-refractivity contribution in [2.75, 3.05) is 26.4 Å². The molecule has 0 atom stereocenters. The van der Waals surface area contributed by atoms with Crippen LogP contribution in [0.25, 0.3) is 0 Å². The summed E-state index contributed by atoms with van der Waals surface area (Å²) >= 11 is 0. The van der Waals surface area contributed by atoms with Gasteiger partial charge in [-0.1, -0.05) is 19.8 Å². The molecule has 1 aromatic carbocycles. The maximum atomic E-state index is 5.85. The predicted octanol–water partition coefficient (Wildman–Crippen LogP) is 4.45. The Morgan fingerprint density at radius 3 is 1.67 bits per heavy atom. The zero-order valence-electron chi connectivity index (χ0n) is 13.7. The number of rotatable bonds is 11. The minimum absolute atomic E-state index is 0.555. The fourth-order valence-electron chi connectivity index (χ4n) is 2.01. The molecule has 0 heterocycles. The van der Waals surface area contributed by atoms with Gasteiger partial charge in [0.05, 0.1) is 26.4 Å². The van der Waals surface area contributed by atoms with E-state index in [1.165, 1.54) is 12.8 Å². The Balaban J connectivity index is 2.97. The van der Waals surface area contributed by atoms with E-state index in [0.717, 1.165) is 12.2 Å². The number of hydrogen-bond acceptors (Lipinski definition) is 4. The molecule has 1 rings (SSSR count). The van der Waals surface area contributed by atoms with Gasteiger partial charge in [0.15, 0.2) is 11.5 Å². The van der Waals surface area contributed by atoms with Crippen LogP contribution in [0.15, 0.2) is 12.1 Å². The number of ether oxygens (including phenoxy) is 4. The zero-order chi connectivity index (χ0) is 15.5. The second kappa shape index (κ2) is 10.2. The molecule has 1 aromatic rings. The van der Waals surface area contributed by atoms with E-state index in [0.29, 0.717) is 43.7 Å². The second-order valence-electron chi connectivity index (χ2n) is 4.57. The minimum atomic E-state index is 0.555. The van der Waals surface area contributed by atoms with Crippen molar-refractivity contribution < 1.29 is 18.9 Å². The molecule has 4 nitrogen and oxygen atoms in total. The number of unbranched alkanes of at least 4 members (excludes halogenated alkanes) is 2. The molecule has 0 aliphatic carbocycles. The predicted molar refractivity (Wildman–Crippen MR) is 85.0 cm³/mol. The SMILES string of the molecule is CCCCCOc1ccc(OCC)c(OCC)c1OCC. The van der Waals surface area contributed by atoms with Crippen molar-refractivity contribution in [3.8, 4) is 23.0 Å². The summed E-state index contributed by atoms with van der Waals surface area (Å²) < 4.78 is 22.9. The fraction of sp³-hybridized carbons (Fsp3) is 0.647. The minimum Gasteiger partial charge on any atom is -0.490 e. The lowest BCUT2D eigenvalue weighted by molar-refractivity contribution is 0.238. The highest BCUT2D eigenvalue weighted by atomic mass is 16.6. The quantitative estimate of drug-likeness (QED) is 0.565. The Labute approximate surface area is 128 Å². The summed E-state index contributed by atoms with van der Waals surface area (Å²) in [5, 5.41) is 0. The molecule has 0 fully saturated rings. The van der Waals surface area contributed by atoms with E-state index in [9.17, 15) is 0 Å². The lowest BCUT2D eigenvalue weighted by atomic mass is 10.2. The van der Waals surface area contributed by atoms with E-state index in [2.05, 4.69) is 6.92 Å². The van der Waals surface area contributed by atoms with E-state index in [1.54, 1.807) is 0 Å². The average molecular weight is 296 g/mol. The Kier molecular flexibility index (Phi) is 8.48. The van der Waals surface area contributed by atoms with Crippen molar-refractivity contribution in [3.63, 3.8) is 0 Å². The van der Waals surface area contributed by atoms with Crippen LogP contribution >= 0.6 is 0 Å². The molecule has 0 bridgehead atoms. The van der Waals surface area contributed by atoms with Crippen LogP contribution in [0.1, 0.15) is 47.0 Å². The third-order valence-corrected chi connectivity index (χ3v) is 2.92. The Morgan fingerprint density at radius 1 is 0.667 bits per heavy atom. The topological polar surface area (TPSA) is 36.9 Å². The molecule has 0 spiro atoms. The smallest absolute Gasteiger partial charge is 0.207 e. The summed E-state index contributed by atoms with van der Waals surface area (Å²) in [6, 6.07) is 3.77. The van der Waals surface area contributed by atoms with Crippen LogP contribution in [-0.4, -0.2) is 26.4 Å². The van der Waals surface area contributed by atoms with Crippen LogP contribution in [0.4, 0.5) is 0 Å². The molecule has 21 heavy (non-hydrogen) atoms. The summed E-state index contributed by atoms with van der Waals surface area (Å²) in [5.74, 6) is 2.69. The highest BCUT2D eigenvalue weighted by molar-refractivity contribution is 5.59. The fourth-order valence-corrected chi connectivity index (χ4v) is 2.01. The van der Waals surface area contributed by atoms with Crippen LogP contribution in [0.3, 0.4) is 0 Å². The van der Waals surface area contributed by atoms with E-state index >= 15 is 0 Å². The van der Waals surface area contributed by atoms with Gasteiger partial charge in [0.2, 0.25) is 11.5 Å². The van der Waals surface area contributed by atoms with Crippen LogP contribution in [0.5, 0.6) is 23.0 Å². The van der Waals surface area contributed by atoms with Gasteiger partial charge >= 0.3 is 0 Å². The maximum absolute atomic E-state index is 5.85. The largest absolute Gasteiger partial charge is 0.490 e. The maximum Gasteiger partial charge on any atom is 0.207 e. The summed E-state index contributed by atoms with van der Waals surface area (Å²) in [6.45, 7) is 10.4. The second-order valence-corrected chi connectivity index (χ2v) is 4.57. The summed E-state index contributed by atoms with van der Waals surface area (Å²) in [6.07, 6.45) is 3.38. The highest BCUT2D eigenvalue weighted by Crippen LogP contribution is 2.44. The van der Waals surface area contributed by atoms with Crippen LogP contribution in [0.2, 0.25) is 0 Å². The summed E-state index contributed by atoms with van der Waals surface area (Å²) in [4.78, 5) is 0. The number of hydrogen-bond donors (Lipinski definition) is 0. The van der Waals surface area contributed by atoms with Gasteiger partial charge in [-0.15, -0.1) is 0 Å². The van der Waals surface area contributed by atoms with Crippen molar-refractivity contribution >= 4 is 0 Å². The molecule has 0 aliphatic rings. The molecule has 0 saturated carbocycles. The van der Waals surface area contributed by atoms with Crippen molar-refractivity contribution in [2.45, 2.75) is 47.0 Å². The molecule has 0 radical (unpaired) electrons. The molecule has 0 aromatic heterocycles. The Hall–Kier alpha value is -1.58. The first kappa shape index (κ1) is 17.5. The van der Waals surface area contributed by atoms with Gasteiger partial charge in [0, 0.05) is 0 Å². The van der Waals surface area contributed by atoms with Gasteiger partial charge in [0.25, 0.3) is 0 Å². The summed E-state index contributed by atoms with van der Waals surface area (Å²) in [5.41, 5.74) is 0. The zero-order valence-corrected chi connectivity index (χ0v) is 13.7. The van der Waals surface area contributed by atoms with E-state index < -0.39 is 0 Å². The molecular formula is C17H28O4. The van der Waals surface area contributed by atoms with Gasteiger partial charge in [-0.2, -0.15) is 0 Å². The molecule has 0 saturated heterocycles. The van der Waals surface area contributed by atoms with E-state index in [4.69, 9.17) is 18.9 Å². The molecule has 4 heteroatoms. The van der Waals surface area contributed by atoms with Crippen LogP contribution < -0.4 is 18.9 Å². The Morgan fingerprint density at radius 2 is 1.19 bits per heavy atom. The van der Waals surface area contributed by atoms with Gasteiger partial charge in [0.1, 0.15) is 0 Å². The van der Waals surface area contributed by atoms with Gasteiger partial charge in [-0.05, 0) is 39.3 Å². The van der Waals surface area contributed by atoms with Crippen molar-refractivity contribution in [3.05, 3.63) is 12.1 Å². The number of benzene rings is 1. The molecular weight excluding hydrogens is 268 g/mol. The molecule has 0 unspecified atom stereocenters. The van der Waals surface area contributed by atoms with Gasteiger partial charge < -0.3 is 18.9 Å². The molecule has 120 valence electrons. The Bertz CT molecular complexity index is 404. The lowest BCUT2D eigenvalue weighted by Crippen LogP contribution is -2.05. The average Bonchev–Trinajstić information content (AvgIpc) is 2.49. The third kappa shape index (κ3) is 5.37. The highest BCUT2D eigenvalue weighted by Gasteiger charge is 2.18. The van der Waals surface area contributed by atoms with Crippen molar-refractivity contribution in [2.24, 2.45) is 0 Å². The standard InChI is InChI=1S/C17H28O4/c1-5-9-10-13-21-15-12-11-14(18-6-2)16(19-7-3)17(15)20-8-4/h11-12H,5-10,13H2,1-4H3.